The Kier molecular flexibility index (Phi) is 6.71. The van der Waals surface area contributed by atoms with Crippen LogP contribution in [0.15, 0.2) is 23.2 Å². The van der Waals surface area contributed by atoms with E-state index in [2.05, 4.69) is 11.9 Å². The lowest BCUT2D eigenvalue weighted by molar-refractivity contribution is 0.110. The molecular weight excluding hydrogens is 292 g/mol. The number of benzene rings is 1. The summed E-state index contributed by atoms with van der Waals surface area (Å²) in [6, 6.07) is 5.98. The molecule has 0 bridgehead atoms. The second kappa shape index (κ2) is 8.77. The van der Waals surface area contributed by atoms with Crippen LogP contribution in [0.5, 0.6) is 11.5 Å². The molecule has 1 heterocycles. The van der Waals surface area contributed by atoms with Gasteiger partial charge in [-0.25, -0.2) is 0 Å². The Morgan fingerprint density at radius 3 is 2.52 bits per heavy atom. The van der Waals surface area contributed by atoms with Crippen molar-refractivity contribution in [1.82, 2.24) is 4.90 Å². The molecule has 0 aliphatic carbocycles. The summed E-state index contributed by atoms with van der Waals surface area (Å²) in [6.45, 7) is 6.87. The molecule has 1 saturated heterocycles. The number of amidine groups is 1. The molecule has 0 saturated carbocycles. The number of hydrogen-bond donors (Lipinski definition) is 0. The highest BCUT2D eigenvalue weighted by Crippen LogP contribution is 2.32. The molecule has 23 heavy (non-hydrogen) atoms. The molecule has 128 valence electrons. The van der Waals surface area contributed by atoms with Crippen molar-refractivity contribution in [3.63, 3.8) is 0 Å². The first-order valence-electron chi connectivity index (χ1n) is 8.36. The van der Waals surface area contributed by atoms with E-state index in [0.29, 0.717) is 19.8 Å². The Morgan fingerprint density at radius 1 is 1.17 bits per heavy atom. The molecule has 0 spiro atoms. The predicted octanol–water partition coefficient (Wildman–Crippen LogP) is 3.30. The van der Waals surface area contributed by atoms with E-state index < -0.39 is 0 Å². The normalized spacial score (nSPS) is 17.6. The standard InChI is InChI=1S/C18H28N2O3/c1-5-22-15-10-9-14(12-16(15)23-6-2)17(21-4)13-19-18-8-7-11-20(18)3/h9-10,12,17H,5-8,11,13H2,1-4H3. The van der Waals surface area contributed by atoms with Gasteiger partial charge in [0.25, 0.3) is 0 Å². The zero-order valence-electron chi connectivity index (χ0n) is 14.7. The number of aliphatic imine (C=N–C) groups is 1. The summed E-state index contributed by atoms with van der Waals surface area (Å²) in [5, 5.41) is 0. The molecule has 0 aromatic heterocycles. The fraction of sp³-hybridized carbons (Fsp3) is 0.611. The van der Waals surface area contributed by atoms with Gasteiger partial charge in [-0.1, -0.05) is 6.07 Å². The van der Waals surface area contributed by atoms with Gasteiger partial charge in [-0.05, 0) is 38.0 Å². The molecule has 0 amide bonds. The van der Waals surface area contributed by atoms with Crippen LogP contribution in [0.1, 0.15) is 38.4 Å². The minimum absolute atomic E-state index is 0.0774. The van der Waals surface area contributed by atoms with Gasteiger partial charge in [0, 0.05) is 27.1 Å². The number of methoxy groups -OCH3 is 1. The van der Waals surface area contributed by atoms with Crippen molar-refractivity contribution in [2.75, 3.05) is 40.5 Å². The van der Waals surface area contributed by atoms with Crippen molar-refractivity contribution < 1.29 is 14.2 Å². The van der Waals surface area contributed by atoms with Crippen molar-refractivity contribution in [2.45, 2.75) is 32.8 Å². The largest absolute Gasteiger partial charge is 0.490 e. The molecule has 5 heteroatoms. The van der Waals surface area contributed by atoms with E-state index in [9.17, 15) is 0 Å². The summed E-state index contributed by atoms with van der Waals surface area (Å²) >= 11 is 0. The maximum atomic E-state index is 5.70. The Bertz CT molecular complexity index is 531. The second-order valence-corrected chi connectivity index (χ2v) is 5.58. The van der Waals surface area contributed by atoms with Crippen molar-refractivity contribution in [1.29, 1.82) is 0 Å². The van der Waals surface area contributed by atoms with E-state index in [4.69, 9.17) is 19.2 Å². The molecule has 1 unspecified atom stereocenters. The van der Waals surface area contributed by atoms with Crippen LogP contribution in [0.4, 0.5) is 0 Å². The molecule has 5 nitrogen and oxygen atoms in total. The third-order valence-corrected chi connectivity index (χ3v) is 4.00. The van der Waals surface area contributed by atoms with Crippen molar-refractivity contribution in [2.24, 2.45) is 4.99 Å². The van der Waals surface area contributed by atoms with Crippen molar-refractivity contribution in [3.8, 4) is 11.5 Å². The second-order valence-electron chi connectivity index (χ2n) is 5.58. The minimum Gasteiger partial charge on any atom is -0.490 e. The molecule has 1 aliphatic heterocycles. The maximum absolute atomic E-state index is 5.70. The van der Waals surface area contributed by atoms with Crippen LogP contribution in [0.3, 0.4) is 0 Å². The number of likely N-dealkylation sites (tertiary alicyclic amines) is 1. The highest BCUT2D eigenvalue weighted by atomic mass is 16.5. The van der Waals surface area contributed by atoms with Crippen LogP contribution < -0.4 is 9.47 Å². The van der Waals surface area contributed by atoms with E-state index >= 15 is 0 Å². The highest BCUT2D eigenvalue weighted by molar-refractivity contribution is 5.83. The average molecular weight is 320 g/mol. The first-order valence-corrected chi connectivity index (χ1v) is 8.36. The average Bonchev–Trinajstić information content (AvgIpc) is 2.96. The topological polar surface area (TPSA) is 43.3 Å². The number of hydrogen-bond acceptors (Lipinski definition) is 4. The summed E-state index contributed by atoms with van der Waals surface area (Å²) in [7, 11) is 3.82. The van der Waals surface area contributed by atoms with Crippen LogP contribution >= 0.6 is 0 Å². The smallest absolute Gasteiger partial charge is 0.161 e. The molecular formula is C18H28N2O3. The Labute approximate surface area is 139 Å². The van der Waals surface area contributed by atoms with Gasteiger partial charge in [0.1, 0.15) is 6.10 Å². The van der Waals surface area contributed by atoms with Gasteiger partial charge >= 0.3 is 0 Å². The summed E-state index contributed by atoms with van der Waals surface area (Å²) in [4.78, 5) is 6.95. The van der Waals surface area contributed by atoms with Crippen LogP contribution in [-0.4, -0.2) is 51.2 Å². The quantitative estimate of drug-likeness (QED) is 0.737. The summed E-state index contributed by atoms with van der Waals surface area (Å²) < 4.78 is 17.0. The molecule has 1 atom stereocenters. The van der Waals surface area contributed by atoms with Gasteiger partial charge in [-0.3, -0.25) is 4.99 Å². The van der Waals surface area contributed by atoms with E-state index in [1.807, 2.05) is 32.0 Å². The van der Waals surface area contributed by atoms with Gasteiger partial charge in [0.15, 0.2) is 11.5 Å². The molecule has 2 rings (SSSR count). The van der Waals surface area contributed by atoms with E-state index in [1.165, 1.54) is 12.3 Å². The van der Waals surface area contributed by atoms with Crippen LogP contribution in [0.2, 0.25) is 0 Å². The molecule has 1 aromatic rings. The van der Waals surface area contributed by atoms with Gasteiger partial charge < -0.3 is 19.1 Å². The minimum atomic E-state index is -0.0774. The third kappa shape index (κ3) is 4.61. The van der Waals surface area contributed by atoms with Crippen molar-refractivity contribution in [3.05, 3.63) is 23.8 Å². The lowest BCUT2D eigenvalue weighted by Gasteiger charge is -2.18. The zero-order chi connectivity index (χ0) is 16.7. The molecule has 1 aliphatic rings. The molecule has 1 aromatic carbocycles. The van der Waals surface area contributed by atoms with Gasteiger partial charge in [-0.2, -0.15) is 0 Å². The van der Waals surface area contributed by atoms with Crippen LogP contribution in [0, 0.1) is 0 Å². The molecule has 1 fully saturated rings. The van der Waals surface area contributed by atoms with E-state index in [0.717, 1.165) is 30.0 Å². The first kappa shape index (κ1) is 17.6. The maximum Gasteiger partial charge on any atom is 0.161 e. The van der Waals surface area contributed by atoms with Gasteiger partial charge in [0.05, 0.1) is 25.6 Å². The fourth-order valence-electron chi connectivity index (χ4n) is 2.77. The number of ether oxygens (including phenoxy) is 3. The SMILES string of the molecule is CCOc1ccc(C(CN=C2CCCN2C)OC)cc1OCC. The van der Waals surface area contributed by atoms with E-state index in [1.54, 1.807) is 7.11 Å². The number of rotatable bonds is 8. The van der Waals surface area contributed by atoms with Gasteiger partial charge in [0.2, 0.25) is 0 Å². The predicted molar refractivity (Wildman–Crippen MR) is 92.7 cm³/mol. The van der Waals surface area contributed by atoms with Crippen LogP contribution in [-0.2, 0) is 4.74 Å². The summed E-state index contributed by atoms with van der Waals surface area (Å²) in [6.07, 6.45) is 2.16. The monoisotopic (exact) mass is 320 g/mol. The highest BCUT2D eigenvalue weighted by Gasteiger charge is 2.17. The Hall–Kier alpha value is -1.75. The number of nitrogens with zero attached hydrogens (tertiary/aromatic N) is 2. The summed E-state index contributed by atoms with van der Waals surface area (Å²) in [5.74, 6) is 2.71. The van der Waals surface area contributed by atoms with Crippen molar-refractivity contribution >= 4 is 5.84 Å². The lowest BCUT2D eigenvalue weighted by Crippen LogP contribution is -2.20. The van der Waals surface area contributed by atoms with Crippen LogP contribution in [0.25, 0.3) is 0 Å². The van der Waals surface area contributed by atoms with Gasteiger partial charge in [-0.15, -0.1) is 0 Å². The Morgan fingerprint density at radius 2 is 1.91 bits per heavy atom. The first-order chi connectivity index (χ1) is 11.2. The third-order valence-electron chi connectivity index (χ3n) is 4.00. The molecule has 0 N–H and O–H groups in total. The molecule has 0 radical (unpaired) electrons. The summed E-state index contributed by atoms with van der Waals surface area (Å²) in [5.41, 5.74) is 1.06. The Balaban J connectivity index is 2.14. The zero-order valence-corrected chi connectivity index (χ0v) is 14.7. The lowest BCUT2D eigenvalue weighted by atomic mass is 10.1. The fourth-order valence-corrected chi connectivity index (χ4v) is 2.77. The van der Waals surface area contributed by atoms with E-state index in [-0.39, 0.29) is 6.10 Å².